The number of carbonyl (C=O) groups excluding carboxylic acids is 1. The first-order chi connectivity index (χ1) is 16.0. The van der Waals surface area contributed by atoms with Crippen molar-refractivity contribution < 1.29 is 19.0 Å². The monoisotopic (exact) mass is 443 g/mol. The largest absolute Gasteiger partial charge is 0.493 e. The third-order valence-electron chi connectivity index (χ3n) is 9.65. The lowest BCUT2D eigenvalue weighted by Gasteiger charge is -2.70. The maximum Gasteiger partial charge on any atom is 0.169 e. The Balaban J connectivity index is 1.50. The van der Waals surface area contributed by atoms with Crippen LogP contribution in [0.4, 0.5) is 0 Å². The SMILES string of the molecule is COc1ccc2c3c1O[C@H]1[C@@]4(OC)C=C[C@@]5(C[C@@H]4C(=O)c4ccccc4)[C@@H](C2)N(C)CC[C@]315. The van der Waals surface area contributed by atoms with Crippen LogP contribution >= 0.6 is 0 Å². The van der Waals surface area contributed by atoms with E-state index in [1.165, 1.54) is 11.1 Å². The Labute approximate surface area is 194 Å². The Morgan fingerprint density at radius 3 is 2.70 bits per heavy atom. The van der Waals surface area contributed by atoms with Gasteiger partial charge >= 0.3 is 0 Å². The third-order valence-corrected chi connectivity index (χ3v) is 9.65. The first kappa shape index (κ1) is 19.8. The average molecular weight is 444 g/mol. The first-order valence-electron chi connectivity index (χ1n) is 11.9. The predicted molar refractivity (Wildman–Crippen MR) is 124 cm³/mol. The molecule has 4 bridgehead atoms. The molecular formula is C28H29NO4. The number of ether oxygens (including phenoxy) is 3. The topological polar surface area (TPSA) is 48.0 Å². The van der Waals surface area contributed by atoms with Gasteiger partial charge in [-0.05, 0) is 44.5 Å². The molecule has 0 amide bonds. The summed E-state index contributed by atoms with van der Waals surface area (Å²) in [6.07, 6.45) is 7.05. The summed E-state index contributed by atoms with van der Waals surface area (Å²) >= 11 is 0. The van der Waals surface area contributed by atoms with Gasteiger partial charge in [-0.25, -0.2) is 0 Å². The van der Waals surface area contributed by atoms with Gasteiger partial charge in [0.25, 0.3) is 0 Å². The lowest BCUT2D eigenvalue weighted by atomic mass is 9.37. The Hall–Kier alpha value is -2.63. The van der Waals surface area contributed by atoms with Crippen molar-refractivity contribution in [2.75, 3.05) is 27.8 Å². The van der Waals surface area contributed by atoms with Gasteiger partial charge in [0.1, 0.15) is 11.7 Å². The van der Waals surface area contributed by atoms with Crippen LogP contribution in [0.1, 0.15) is 34.3 Å². The van der Waals surface area contributed by atoms with Crippen molar-refractivity contribution in [3.8, 4) is 11.5 Å². The first-order valence-corrected chi connectivity index (χ1v) is 11.9. The van der Waals surface area contributed by atoms with Gasteiger partial charge in [0, 0.05) is 29.7 Å². The molecule has 170 valence electrons. The van der Waals surface area contributed by atoms with Crippen molar-refractivity contribution in [3.05, 3.63) is 71.3 Å². The number of ketones is 1. The molecular weight excluding hydrogens is 414 g/mol. The number of likely N-dealkylation sites (tertiary alicyclic amines) is 1. The van der Waals surface area contributed by atoms with Crippen LogP contribution in [-0.2, 0) is 16.6 Å². The lowest BCUT2D eigenvalue weighted by Crippen LogP contribution is -2.79. The predicted octanol–water partition coefficient (Wildman–Crippen LogP) is 3.80. The van der Waals surface area contributed by atoms with Gasteiger partial charge in [0.2, 0.25) is 0 Å². The van der Waals surface area contributed by atoms with Gasteiger partial charge in [-0.15, -0.1) is 0 Å². The fourth-order valence-corrected chi connectivity index (χ4v) is 8.31. The number of methoxy groups -OCH3 is 2. The Morgan fingerprint density at radius 2 is 1.94 bits per heavy atom. The summed E-state index contributed by atoms with van der Waals surface area (Å²) in [7, 11) is 5.68. The molecule has 6 aliphatic rings. The number of hydrogen-bond donors (Lipinski definition) is 0. The van der Waals surface area contributed by atoms with Crippen LogP contribution < -0.4 is 9.47 Å². The highest BCUT2D eigenvalue weighted by atomic mass is 16.6. The van der Waals surface area contributed by atoms with Crippen LogP contribution in [0, 0.1) is 11.3 Å². The molecule has 2 fully saturated rings. The molecule has 2 spiro atoms. The molecule has 6 atom stereocenters. The molecule has 33 heavy (non-hydrogen) atoms. The van der Waals surface area contributed by atoms with Gasteiger partial charge in [0.05, 0.1) is 18.4 Å². The Bertz CT molecular complexity index is 1210. The van der Waals surface area contributed by atoms with Crippen molar-refractivity contribution in [3.63, 3.8) is 0 Å². The van der Waals surface area contributed by atoms with Gasteiger partial charge in [-0.1, -0.05) is 48.6 Å². The summed E-state index contributed by atoms with van der Waals surface area (Å²) in [6.45, 7) is 1.01. The van der Waals surface area contributed by atoms with E-state index < -0.39 is 5.60 Å². The maximum atomic E-state index is 14.0. The van der Waals surface area contributed by atoms with E-state index in [1.807, 2.05) is 36.4 Å². The minimum Gasteiger partial charge on any atom is -0.493 e. The molecule has 8 rings (SSSR count). The normalized spacial score (nSPS) is 39.2. The molecule has 1 saturated heterocycles. The molecule has 2 aliphatic heterocycles. The molecule has 5 heteroatoms. The number of likely N-dealkylation sites (N-methyl/N-ethyl adjacent to an activating group) is 1. The number of nitrogens with zero attached hydrogens (tertiary/aromatic N) is 1. The van der Waals surface area contributed by atoms with Crippen molar-refractivity contribution in [2.45, 2.75) is 42.4 Å². The van der Waals surface area contributed by atoms with Crippen molar-refractivity contribution >= 4 is 5.78 Å². The molecule has 2 heterocycles. The van der Waals surface area contributed by atoms with E-state index >= 15 is 0 Å². The number of fused-ring (bicyclic) bond motifs is 1. The van der Waals surface area contributed by atoms with Gasteiger partial charge in [-0.3, -0.25) is 4.79 Å². The molecule has 0 radical (unpaired) electrons. The number of hydrogen-bond acceptors (Lipinski definition) is 5. The number of rotatable bonds is 4. The van der Waals surface area contributed by atoms with Crippen molar-refractivity contribution in [2.24, 2.45) is 11.3 Å². The standard InChI is InChI=1S/C28H29NO4/c1-29-14-13-27-22-18-9-10-20(31-2)24(22)33-25(27)28(32-3)12-11-26(27,21(29)15-18)16-19(28)23(30)17-7-5-4-6-8-17/h4-12,19,21,25H,13-16H2,1-3H3/t19-,21-,25-,26-,27+,28-/m1/s1. The highest BCUT2D eigenvalue weighted by Crippen LogP contribution is 2.74. The minimum absolute atomic E-state index is 0.147. The summed E-state index contributed by atoms with van der Waals surface area (Å²) in [4.78, 5) is 16.5. The second-order valence-corrected chi connectivity index (χ2v) is 10.5. The van der Waals surface area contributed by atoms with E-state index in [-0.39, 0.29) is 28.6 Å². The molecule has 2 aromatic rings. The van der Waals surface area contributed by atoms with E-state index in [9.17, 15) is 4.79 Å². The van der Waals surface area contributed by atoms with Crippen LogP contribution in [0.3, 0.4) is 0 Å². The molecule has 5 nitrogen and oxygen atoms in total. The zero-order valence-corrected chi connectivity index (χ0v) is 19.3. The Kier molecular flexibility index (Phi) is 3.77. The minimum atomic E-state index is -0.812. The zero-order chi connectivity index (χ0) is 22.6. The second kappa shape index (κ2) is 6.28. The van der Waals surface area contributed by atoms with Crippen LogP contribution in [0.5, 0.6) is 11.5 Å². The number of carbonyl (C=O) groups is 1. The van der Waals surface area contributed by atoms with Gasteiger partial charge in [0.15, 0.2) is 17.3 Å². The van der Waals surface area contributed by atoms with E-state index in [0.717, 1.165) is 42.9 Å². The highest BCUT2D eigenvalue weighted by Gasteiger charge is 2.79. The fraction of sp³-hybridized carbons (Fsp3) is 0.464. The highest BCUT2D eigenvalue weighted by molar-refractivity contribution is 5.99. The average Bonchev–Trinajstić information content (AvgIpc) is 3.23. The van der Waals surface area contributed by atoms with Crippen LogP contribution in [0.2, 0.25) is 0 Å². The van der Waals surface area contributed by atoms with Crippen molar-refractivity contribution in [1.82, 2.24) is 4.90 Å². The number of benzene rings is 2. The molecule has 1 saturated carbocycles. The maximum absolute atomic E-state index is 14.0. The summed E-state index contributed by atoms with van der Waals surface area (Å²) in [5.74, 6) is 1.49. The quantitative estimate of drug-likeness (QED) is 0.532. The van der Waals surface area contributed by atoms with Crippen LogP contribution in [-0.4, -0.2) is 56.2 Å². The molecule has 0 N–H and O–H groups in total. The van der Waals surface area contributed by atoms with Crippen LogP contribution in [0.15, 0.2) is 54.6 Å². The van der Waals surface area contributed by atoms with Gasteiger partial charge < -0.3 is 19.1 Å². The van der Waals surface area contributed by atoms with E-state index in [0.29, 0.717) is 6.04 Å². The van der Waals surface area contributed by atoms with Crippen molar-refractivity contribution in [1.29, 1.82) is 0 Å². The molecule has 0 unspecified atom stereocenters. The van der Waals surface area contributed by atoms with E-state index in [2.05, 4.69) is 30.2 Å². The number of Topliss-reactive ketones (excluding diaryl/α,β-unsaturated/α-hetero) is 1. The van der Waals surface area contributed by atoms with E-state index in [1.54, 1.807) is 14.2 Å². The van der Waals surface area contributed by atoms with E-state index in [4.69, 9.17) is 14.2 Å². The smallest absolute Gasteiger partial charge is 0.169 e. The number of piperidine rings is 1. The third kappa shape index (κ3) is 2.02. The summed E-state index contributed by atoms with van der Waals surface area (Å²) < 4.78 is 19.0. The molecule has 4 aliphatic carbocycles. The lowest BCUT2D eigenvalue weighted by molar-refractivity contribution is -0.203. The van der Waals surface area contributed by atoms with Crippen LogP contribution in [0.25, 0.3) is 0 Å². The summed E-state index contributed by atoms with van der Waals surface area (Å²) in [5, 5.41) is 0. The summed E-state index contributed by atoms with van der Waals surface area (Å²) in [5.41, 5.74) is 2.22. The fourth-order valence-electron chi connectivity index (χ4n) is 8.31. The Morgan fingerprint density at radius 1 is 1.12 bits per heavy atom. The summed E-state index contributed by atoms with van der Waals surface area (Å²) in [6, 6.07) is 14.3. The zero-order valence-electron chi connectivity index (χ0n) is 19.3. The molecule has 0 aromatic heterocycles. The molecule has 2 aromatic carbocycles. The van der Waals surface area contributed by atoms with Gasteiger partial charge in [-0.2, -0.15) is 0 Å². The second-order valence-electron chi connectivity index (χ2n) is 10.5.